The number of benzene rings is 2. The van der Waals surface area contributed by atoms with Crippen LogP contribution in [0.25, 0.3) is 33.1 Å². The number of ether oxygens (including phenoxy) is 2. The second kappa shape index (κ2) is 7.67. The molecular formula is C23H22ClN3O2. The smallest absolute Gasteiger partial charge is 0.139 e. The van der Waals surface area contributed by atoms with Gasteiger partial charge < -0.3 is 19.8 Å². The number of nitrogens with zero attached hydrogens (tertiary/aromatic N) is 1. The van der Waals surface area contributed by atoms with E-state index in [1.165, 1.54) is 0 Å². The summed E-state index contributed by atoms with van der Waals surface area (Å²) in [7, 11) is 1.75. The fourth-order valence-electron chi connectivity index (χ4n) is 3.91. The Labute approximate surface area is 174 Å². The fourth-order valence-corrected chi connectivity index (χ4v) is 4.16. The SMILES string of the molecule is CO[C@H]1CN[C@H](COc2ccc3[nH]c(-c4cc5ccccc5nc4Cl)cc3c2)C1. The third kappa shape index (κ3) is 3.69. The van der Waals surface area contributed by atoms with Crippen molar-refractivity contribution in [3.8, 4) is 17.0 Å². The third-order valence-electron chi connectivity index (χ3n) is 5.53. The molecule has 4 aromatic rings. The van der Waals surface area contributed by atoms with Gasteiger partial charge in [-0.25, -0.2) is 4.98 Å². The minimum Gasteiger partial charge on any atom is -0.492 e. The van der Waals surface area contributed by atoms with E-state index < -0.39 is 0 Å². The first kappa shape index (κ1) is 18.4. The second-order valence-corrected chi connectivity index (χ2v) is 7.82. The zero-order valence-corrected chi connectivity index (χ0v) is 16.9. The number of H-pyrrole nitrogens is 1. The molecule has 29 heavy (non-hydrogen) atoms. The topological polar surface area (TPSA) is 59.2 Å². The maximum Gasteiger partial charge on any atom is 0.139 e. The van der Waals surface area contributed by atoms with Gasteiger partial charge in [-0.2, -0.15) is 0 Å². The summed E-state index contributed by atoms with van der Waals surface area (Å²) in [6, 6.07) is 18.6. The van der Waals surface area contributed by atoms with E-state index in [1.807, 2.05) is 36.4 Å². The maximum absolute atomic E-state index is 6.47. The summed E-state index contributed by atoms with van der Waals surface area (Å²) >= 11 is 6.47. The quantitative estimate of drug-likeness (QED) is 0.467. The Balaban J connectivity index is 1.39. The van der Waals surface area contributed by atoms with Crippen molar-refractivity contribution in [3.63, 3.8) is 0 Å². The van der Waals surface area contributed by atoms with Gasteiger partial charge in [-0.3, -0.25) is 0 Å². The summed E-state index contributed by atoms with van der Waals surface area (Å²) in [6.45, 7) is 1.51. The predicted molar refractivity (Wildman–Crippen MR) is 117 cm³/mol. The lowest BCUT2D eigenvalue weighted by Gasteiger charge is -2.12. The number of aromatic amines is 1. The molecule has 1 aliphatic heterocycles. The minimum absolute atomic E-state index is 0.277. The first-order valence-corrected chi connectivity index (χ1v) is 10.1. The van der Waals surface area contributed by atoms with E-state index in [2.05, 4.69) is 33.5 Å². The van der Waals surface area contributed by atoms with Gasteiger partial charge in [-0.15, -0.1) is 0 Å². The number of nitrogens with one attached hydrogen (secondary N) is 2. The van der Waals surface area contributed by atoms with E-state index in [4.69, 9.17) is 21.1 Å². The molecule has 1 saturated heterocycles. The van der Waals surface area contributed by atoms with Crippen LogP contribution in [-0.2, 0) is 4.74 Å². The van der Waals surface area contributed by atoms with Gasteiger partial charge in [0.2, 0.25) is 0 Å². The molecule has 2 N–H and O–H groups in total. The molecule has 0 radical (unpaired) electrons. The Morgan fingerprint density at radius 3 is 2.86 bits per heavy atom. The summed E-state index contributed by atoms with van der Waals surface area (Å²) in [5, 5.41) is 6.07. The predicted octanol–water partition coefficient (Wildman–Crippen LogP) is 4.79. The number of aromatic nitrogens is 2. The van der Waals surface area contributed by atoms with Crippen LogP contribution in [0.1, 0.15) is 6.42 Å². The molecule has 2 atom stereocenters. The summed E-state index contributed by atoms with van der Waals surface area (Å²) in [5.74, 6) is 0.855. The van der Waals surface area contributed by atoms with Crippen LogP contribution in [0.3, 0.4) is 0 Å². The monoisotopic (exact) mass is 407 g/mol. The van der Waals surface area contributed by atoms with Gasteiger partial charge in [0.25, 0.3) is 0 Å². The average molecular weight is 408 g/mol. The van der Waals surface area contributed by atoms with Crippen LogP contribution in [0.4, 0.5) is 0 Å². The van der Waals surface area contributed by atoms with Crippen LogP contribution in [0.2, 0.25) is 5.15 Å². The second-order valence-electron chi connectivity index (χ2n) is 7.46. The molecule has 5 rings (SSSR count). The molecule has 5 nitrogen and oxygen atoms in total. The van der Waals surface area contributed by atoms with Crippen LogP contribution in [0.15, 0.2) is 54.6 Å². The van der Waals surface area contributed by atoms with Crippen molar-refractivity contribution in [2.24, 2.45) is 0 Å². The van der Waals surface area contributed by atoms with Crippen LogP contribution < -0.4 is 10.1 Å². The standard InChI is InChI=1S/C23H22ClN3O2/c1-28-18-11-16(25-12-18)13-29-17-6-7-21-15(8-17)10-22(26-21)19-9-14-4-2-3-5-20(14)27-23(19)24/h2-10,16,18,25-26H,11-13H2,1H3/t16-,18+/m0/s1. The fraction of sp³-hybridized carbons (Fsp3) is 0.261. The number of fused-ring (bicyclic) bond motifs is 2. The van der Waals surface area contributed by atoms with E-state index >= 15 is 0 Å². The first-order chi connectivity index (χ1) is 14.2. The van der Waals surface area contributed by atoms with E-state index in [0.717, 1.165) is 51.8 Å². The van der Waals surface area contributed by atoms with E-state index in [9.17, 15) is 0 Å². The first-order valence-electron chi connectivity index (χ1n) is 9.77. The van der Waals surface area contributed by atoms with Gasteiger partial charge in [-0.1, -0.05) is 29.8 Å². The molecule has 0 bridgehead atoms. The number of hydrogen-bond acceptors (Lipinski definition) is 4. The van der Waals surface area contributed by atoms with Crippen LogP contribution in [0.5, 0.6) is 5.75 Å². The Bertz CT molecular complexity index is 1170. The molecule has 6 heteroatoms. The summed E-state index contributed by atoms with van der Waals surface area (Å²) in [6.07, 6.45) is 1.25. The van der Waals surface area contributed by atoms with E-state index in [1.54, 1.807) is 7.11 Å². The summed E-state index contributed by atoms with van der Waals surface area (Å²) in [4.78, 5) is 7.98. The van der Waals surface area contributed by atoms with Crippen LogP contribution >= 0.6 is 11.6 Å². The number of hydrogen-bond donors (Lipinski definition) is 2. The highest BCUT2D eigenvalue weighted by atomic mass is 35.5. The average Bonchev–Trinajstić information content (AvgIpc) is 3.38. The molecule has 0 spiro atoms. The largest absolute Gasteiger partial charge is 0.492 e. The van der Waals surface area contributed by atoms with Gasteiger partial charge in [-0.05, 0) is 42.8 Å². The van der Waals surface area contributed by atoms with E-state index in [0.29, 0.717) is 17.8 Å². The van der Waals surface area contributed by atoms with E-state index in [-0.39, 0.29) is 6.10 Å². The lowest BCUT2D eigenvalue weighted by molar-refractivity contribution is 0.115. The van der Waals surface area contributed by atoms with Crippen molar-refractivity contribution in [1.82, 2.24) is 15.3 Å². The number of pyridine rings is 1. The normalized spacial score (nSPS) is 19.2. The summed E-state index contributed by atoms with van der Waals surface area (Å²) in [5.41, 5.74) is 3.77. The van der Waals surface area contributed by atoms with Crippen LogP contribution in [0, 0.1) is 0 Å². The molecule has 0 aliphatic carbocycles. The molecule has 1 aliphatic rings. The molecule has 0 amide bonds. The van der Waals surface area contributed by atoms with Gasteiger partial charge in [0.1, 0.15) is 17.5 Å². The molecule has 0 saturated carbocycles. The number of para-hydroxylation sites is 1. The number of halogens is 1. The van der Waals surface area contributed by atoms with Crippen molar-refractivity contribution >= 4 is 33.4 Å². The molecule has 3 heterocycles. The highest BCUT2D eigenvalue weighted by Gasteiger charge is 2.24. The highest BCUT2D eigenvalue weighted by Crippen LogP contribution is 2.32. The summed E-state index contributed by atoms with van der Waals surface area (Å²) < 4.78 is 11.4. The zero-order valence-electron chi connectivity index (χ0n) is 16.1. The van der Waals surface area contributed by atoms with Crippen molar-refractivity contribution in [1.29, 1.82) is 0 Å². The lowest BCUT2D eigenvalue weighted by Crippen LogP contribution is -2.28. The van der Waals surface area contributed by atoms with Crippen molar-refractivity contribution in [2.75, 3.05) is 20.3 Å². The molecule has 148 valence electrons. The molecular weight excluding hydrogens is 386 g/mol. The zero-order chi connectivity index (χ0) is 19.8. The molecule has 2 aromatic carbocycles. The molecule has 0 unspecified atom stereocenters. The third-order valence-corrected chi connectivity index (χ3v) is 5.81. The molecule has 2 aromatic heterocycles. The van der Waals surface area contributed by atoms with Crippen LogP contribution in [-0.4, -0.2) is 42.4 Å². The van der Waals surface area contributed by atoms with Gasteiger partial charge in [0, 0.05) is 47.2 Å². The number of rotatable bonds is 5. The van der Waals surface area contributed by atoms with Gasteiger partial charge in [0.05, 0.1) is 11.6 Å². The van der Waals surface area contributed by atoms with Crippen molar-refractivity contribution in [2.45, 2.75) is 18.6 Å². The minimum atomic E-state index is 0.277. The Hall–Kier alpha value is -2.60. The molecule has 1 fully saturated rings. The maximum atomic E-state index is 6.47. The Morgan fingerprint density at radius 2 is 2.00 bits per heavy atom. The van der Waals surface area contributed by atoms with Crippen molar-refractivity contribution in [3.05, 3.63) is 59.8 Å². The van der Waals surface area contributed by atoms with Gasteiger partial charge >= 0.3 is 0 Å². The Morgan fingerprint density at radius 1 is 1.10 bits per heavy atom. The highest BCUT2D eigenvalue weighted by molar-refractivity contribution is 6.32. The lowest BCUT2D eigenvalue weighted by atomic mass is 10.1. The van der Waals surface area contributed by atoms with Gasteiger partial charge in [0.15, 0.2) is 0 Å². The number of methoxy groups -OCH3 is 1. The Kier molecular flexibility index (Phi) is 4.87. The van der Waals surface area contributed by atoms with Crippen molar-refractivity contribution < 1.29 is 9.47 Å².